The van der Waals surface area contributed by atoms with Gasteiger partial charge in [-0.15, -0.1) is 0 Å². The van der Waals surface area contributed by atoms with Crippen molar-refractivity contribution in [1.29, 1.82) is 0 Å². The molecule has 2 aromatic rings. The molecule has 0 aliphatic carbocycles. The van der Waals surface area contributed by atoms with Crippen molar-refractivity contribution in [2.24, 2.45) is 5.10 Å². The molecule has 0 saturated heterocycles. The van der Waals surface area contributed by atoms with E-state index in [9.17, 15) is 29.4 Å². The number of benzene rings is 1. The van der Waals surface area contributed by atoms with Crippen LogP contribution in [0, 0.1) is 6.92 Å². The van der Waals surface area contributed by atoms with E-state index in [4.69, 9.17) is 4.74 Å². The number of phenols is 1. The Morgan fingerprint density at radius 3 is 2.57 bits per heavy atom. The number of amides is 1. The van der Waals surface area contributed by atoms with Crippen molar-refractivity contribution in [2.45, 2.75) is 20.8 Å². The maximum Gasteiger partial charge on any atom is 0.350 e. The number of carbonyl (C=O) groups is 4. The zero-order valence-electron chi connectivity index (χ0n) is 16.2. The first kappa shape index (κ1) is 22.5. The molecular weight excluding hydrogens is 416 g/mol. The molecule has 0 aliphatic heterocycles. The molecule has 0 fully saturated rings. The van der Waals surface area contributed by atoms with E-state index in [2.05, 4.69) is 20.8 Å². The van der Waals surface area contributed by atoms with Crippen LogP contribution in [0.15, 0.2) is 23.3 Å². The molecular formula is C18H18N4O7S. The molecule has 0 saturated carbocycles. The highest BCUT2D eigenvalue weighted by atomic mass is 32.1. The van der Waals surface area contributed by atoms with Crippen LogP contribution in [0.25, 0.3) is 0 Å². The lowest BCUT2D eigenvalue weighted by molar-refractivity contribution is -0.114. The second-order valence-corrected chi connectivity index (χ2v) is 6.77. The molecule has 1 aromatic heterocycles. The lowest BCUT2D eigenvalue weighted by Crippen LogP contribution is -2.29. The zero-order chi connectivity index (χ0) is 22.4. The summed E-state index contributed by atoms with van der Waals surface area (Å²) in [5, 5.41) is 24.7. The number of hydrazone groups is 1. The van der Waals surface area contributed by atoms with Gasteiger partial charge in [-0.05, 0) is 32.0 Å². The molecule has 1 aromatic carbocycles. The summed E-state index contributed by atoms with van der Waals surface area (Å²) < 4.78 is 4.90. The summed E-state index contributed by atoms with van der Waals surface area (Å²) in [5.41, 5.74) is 1.80. The predicted octanol–water partition coefficient (Wildman–Crippen LogP) is 2.03. The Kier molecular flexibility index (Phi) is 7.20. The van der Waals surface area contributed by atoms with Crippen LogP contribution in [0.1, 0.15) is 39.6 Å². The van der Waals surface area contributed by atoms with Crippen LogP contribution < -0.4 is 10.7 Å². The molecule has 30 heavy (non-hydrogen) atoms. The van der Waals surface area contributed by atoms with E-state index in [-0.39, 0.29) is 33.6 Å². The maximum absolute atomic E-state index is 12.5. The van der Waals surface area contributed by atoms with Gasteiger partial charge in [0.05, 0.1) is 23.6 Å². The minimum absolute atomic E-state index is 0.0402. The third kappa shape index (κ3) is 5.38. The van der Waals surface area contributed by atoms with Crippen LogP contribution in [0.5, 0.6) is 5.75 Å². The van der Waals surface area contributed by atoms with Gasteiger partial charge < -0.3 is 14.9 Å². The first-order valence-electron chi connectivity index (χ1n) is 8.50. The number of aryl methyl sites for hydroxylation is 1. The lowest BCUT2D eigenvalue weighted by Gasteiger charge is -2.07. The van der Waals surface area contributed by atoms with E-state index in [0.29, 0.717) is 5.69 Å². The minimum atomic E-state index is -1.35. The van der Waals surface area contributed by atoms with Crippen molar-refractivity contribution in [3.05, 3.63) is 34.3 Å². The Bertz CT molecular complexity index is 1050. The summed E-state index contributed by atoms with van der Waals surface area (Å²) >= 11 is 0.878. The van der Waals surface area contributed by atoms with Crippen molar-refractivity contribution < 1.29 is 34.1 Å². The normalized spacial score (nSPS) is 11.0. The van der Waals surface area contributed by atoms with E-state index in [1.807, 2.05) is 0 Å². The Morgan fingerprint density at radius 2 is 1.97 bits per heavy atom. The molecule has 158 valence electrons. The van der Waals surface area contributed by atoms with Crippen LogP contribution in [-0.2, 0) is 14.3 Å². The number of rotatable bonds is 8. The maximum atomic E-state index is 12.5. The molecule has 1 amide bonds. The molecule has 0 radical (unpaired) electrons. The quantitative estimate of drug-likeness (QED) is 0.160. The molecule has 0 spiro atoms. The molecule has 0 unspecified atom stereocenters. The molecule has 0 bridgehead atoms. The monoisotopic (exact) mass is 434 g/mol. The number of phenolic OH excluding ortho intramolecular Hbond substituents is 1. The average molecular weight is 434 g/mol. The van der Waals surface area contributed by atoms with Gasteiger partial charge in [-0.25, -0.2) is 14.6 Å². The van der Waals surface area contributed by atoms with Gasteiger partial charge >= 0.3 is 11.9 Å². The summed E-state index contributed by atoms with van der Waals surface area (Å²) in [6.45, 7) is 4.51. The van der Waals surface area contributed by atoms with Crippen molar-refractivity contribution in [3.63, 3.8) is 0 Å². The van der Waals surface area contributed by atoms with E-state index in [1.165, 1.54) is 12.1 Å². The summed E-state index contributed by atoms with van der Waals surface area (Å²) in [5.74, 6) is -3.81. The number of anilines is 2. The van der Waals surface area contributed by atoms with Crippen molar-refractivity contribution in [1.82, 2.24) is 4.98 Å². The van der Waals surface area contributed by atoms with Gasteiger partial charge in [0.25, 0.3) is 5.91 Å². The molecule has 0 aliphatic rings. The standard InChI is InChI=1S/C18H18N4O7S/c1-4-29-17(28)14-8(2)19-18(30-14)20-15(25)13(9(3)23)22-21-12-6-5-10(24)7-11(12)16(26)27/h5-7,21,24H,4H2,1-3H3,(H,26,27)(H,19,20,25)/b22-13+. The number of nitrogens with zero attached hydrogens (tertiary/aromatic N) is 2. The molecule has 4 N–H and O–H groups in total. The summed E-state index contributed by atoms with van der Waals surface area (Å²) in [6, 6.07) is 3.43. The fraction of sp³-hybridized carbons (Fsp3) is 0.222. The first-order valence-corrected chi connectivity index (χ1v) is 9.32. The number of aromatic hydroxyl groups is 1. The first-order chi connectivity index (χ1) is 14.1. The van der Waals surface area contributed by atoms with E-state index < -0.39 is 29.3 Å². The number of carboxylic acids is 1. The van der Waals surface area contributed by atoms with Crippen molar-refractivity contribution >= 4 is 51.5 Å². The molecule has 2 rings (SSSR count). The SMILES string of the molecule is CCOC(=O)c1sc(NC(=O)/C(=N/Nc2ccc(O)cc2C(=O)O)C(C)=O)nc1C. The van der Waals surface area contributed by atoms with Crippen LogP contribution >= 0.6 is 11.3 Å². The number of Topliss-reactive ketones (excluding diaryl/α,β-unsaturated/α-hetero) is 1. The van der Waals surface area contributed by atoms with Crippen LogP contribution in [0.4, 0.5) is 10.8 Å². The number of carbonyl (C=O) groups excluding carboxylic acids is 3. The highest BCUT2D eigenvalue weighted by Crippen LogP contribution is 2.24. The van der Waals surface area contributed by atoms with E-state index in [0.717, 1.165) is 24.3 Å². The van der Waals surface area contributed by atoms with Gasteiger partial charge in [0.15, 0.2) is 16.6 Å². The number of hydrogen-bond donors (Lipinski definition) is 4. The Balaban J connectivity index is 2.24. The summed E-state index contributed by atoms with van der Waals surface area (Å²) in [6.07, 6.45) is 0. The number of ketones is 1. The smallest absolute Gasteiger partial charge is 0.350 e. The fourth-order valence-electron chi connectivity index (χ4n) is 2.20. The average Bonchev–Trinajstić information content (AvgIpc) is 3.02. The van der Waals surface area contributed by atoms with Crippen LogP contribution in [0.2, 0.25) is 0 Å². The second kappa shape index (κ2) is 9.60. The van der Waals surface area contributed by atoms with Gasteiger partial charge in [-0.3, -0.25) is 20.3 Å². The highest BCUT2D eigenvalue weighted by Gasteiger charge is 2.22. The number of hydrogen-bond acceptors (Lipinski definition) is 10. The number of esters is 1. The highest BCUT2D eigenvalue weighted by molar-refractivity contribution is 7.17. The van der Waals surface area contributed by atoms with E-state index >= 15 is 0 Å². The number of ether oxygens (including phenoxy) is 1. The fourth-order valence-corrected chi connectivity index (χ4v) is 3.06. The van der Waals surface area contributed by atoms with Gasteiger partial charge in [0, 0.05) is 6.92 Å². The van der Waals surface area contributed by atoms with Crippen LogP contribution in [0.3, 0.4) is 0 Å². The Labute approximate surface area is 174 Å². The molecule has 12 heteroatoms. The van der Waals surface area contributed by atoms with Gasteiger partial charge in [0.1, 0.15) is 10.6 Å². The molecule has 1 heterocycles. The topological polar surface area (TPSA) is 167 Å². The number of aromatic nitrogens is 1. The third-order valence-corrected chi connectivity index (χ3v) is 4.60. The summed E-state index contributed by atoms with van der Waals surface area (Å²) in [7, 11) is 0. The molecule has 0 atom stereocenters. The largest absolute Gasteiger partial charge is 0.508 e. The lowest BCUT2D eigenvalue weighted by atomic mass is 10.2. The Morgan fingerprint density at radius 1 is 1.27 bits per heavy atom. The second-order valence-electron chi connectivity index (χ2n) is 5.77. The number of aromatic carboxylic acids is 1. The van der Waals surface area contributed by atoms with E-state index in [1.54, 1.807) is 13.8 Å². The zero-order valence-corrected chi connectivity index (χ0v) is 17.0. The van der Waals surface area contributed by atoms with Gasteiger partial charge in [-0.1, -0.05) is 11.3 Å². The minimum Gasteiger partial charge on any atom is -0.508 e. The van der Waals surface area contributed by atoms with Crippen LogP contribution in [-0.4, -0.2) is 51.1 Å². The van der Waals surface area contributed by atoms with Crippen molar-refractivity contribution in [2.75, 3.05) is 17.3 Å². The molecule has 11 nitrogen and oxygen atoms in total. The number of carboxylic acid groups (broad SMARTS) is 1. The number of thiazole rings is 1. The number of nitrogens with one attached hydrogen (secondary N) is 2. The van der Waals surface area contributed by atoms with Crippen molar-refractivity contribution in [3.8, 4) is 5.75 Å². The van der Waals surface area contributed by atoms with Gasteiger partial charge in [0.2, 0.25) is 0 Å². The Hall–Kier alpha value is -3.80. The summed E-state index contributed by atoms with van der Waals surface area (Å²) in [4.78, 5) is 51.7. The predicted molar refractivity (Wildman–Crippen MR) is 108 cm³/mol. The third-order valence-electron chi connectivity index (χ3n) is 3.55. The van der Waals surface area contributed by atoms with Gasteiger partial charge in [-0.2, -0.15) is 5.10 Å².